The number of benzene rings is 3. The molecule has 0 aromatic heterocycles. The van der Waals surface area contributed by atoms with Gasteiger partial charge in [-0.2, -0.15) is 0 Å². The van der Waals surface area contributed by atoms with E-state index in [0.717, 1.165) is 23.2 Å². The van der Waals surface area contributed by atoms with Crippen LogP contribution in [-0.4, -0.2) is 67.2 Å². The van der Waals surface area contributed by atoms with Crippen molar-refractivity contribution < 1.29 is 38.5 Å². The fourth-order valence-corrected chi connectivity index (χ4v) is 3.69. The highest BCUT2D eigenvalue weighted by Gasteiger charge is 2.12. The minimum absolute atomic E-state index is 0.00686. The van der Waals surface area contributed by atoms with Crippen LogP contribution in [0.2, 0.25) is 0 Å². The molecule has 41 heavy (non-hydrogen) atoms. The second-order valence-electron chi connectivity index (χ2n) is 9.33. The van der Waals surface area contributed by atoms with Crippen LogP contribution in [0, 0.1) is 19.7 Å². The van der Waals surface area contributed by atoms with Crippen molar-refractivity contribution in [1.82, 2.24) is 4.90 Å². The molecule has 0 radical (unpaired) electrons. The molecule has 0 spiro atoms. The molecular formula is C32H34FNO7. The molecular weight excluding hydrogens is 529 g/mol. The highest BCUT2D eigenvalue weighted by Crippen LogP contribution is 2.29. The van der Waals surface area contributed by atoms with Gasteiger partial charge in [0.05, 0.1) is 12.7 Å². The summed E-state index contributed by atoms with van der Waals surface area (Å²) in [6.45, 7) is 5.41. The normalized spacial score (nSPS) is 10.9. The zero-order chi connectivity index (χ0) is 30.5. The van der Waals surface area contributed by atoms with Crippen LogP contribution < -0.4 is 9.47 Å². The number of halogens is 1. The smallest absolute Gasteiger partial charge is 0.328 e. The van der Waals surface area contributed by atoms with Gasteiger partial charge in [-0.3, -0.25) is 4.79 Å². The van der Waals surface area contributed by atoms with Crippen LogP contribution in [0.5, 0.6) is 11.5 Å². The molecule has 8 nitrogen and oxygen atoms in total. The Bertz CT molecular complexity index is 1410. The molecule has 2 N–H and O–H groups in total. The first-order chi connectivity index (χ1) is 19.4. The van der Waals surface area contributed by atoms with E-state index in [1.807, 2.05) is 37.2 Å². The van der Waals surface area contributed by atoms with Gasteiger partial charge in [-0.05, 0) is 75.5 Å². The number of hydrogen-bond donors (Lipinski definition) is 2. The number of nitrogens with zero attached hydrogens (tertiary/aromatic N) is 1. The summed E-state index contributed by atoms with van der Waals surface area (Å²) in [6, 6.07) is 16.5. The van der Waals surface area contributed by atoms with Crippen molar-refractivity contribution in [2.45, 2.75) is 13.8 Å². The minimum atomic E-state index is -1.26. The number of rotatable bonds is 11. The van der Waals surface area contributed by atoms with E-state index < -0.39 is 23.5 Å². The van der Waals surface area contributed by atoms with Crippen LogP contribution in [0.4, 0.5) is 4.39 Å². The number of carboxylic acid groups (broad SMARTS) is 2. The van der Waals surface area contributed by atoms with Crippen molar-refractivity contribution in [3.8, 4) is 22.6 Å². The first-order valence-electron chi connectivity index (χ1n) is 12.6. The van der Waals surface area contributed by atoms with E-state index in [2.05, 4.69) is 32.0 Å². The molecule has 0 bridgehead atoms. The number of methoxy groups -OCH3 is 1. The first-order valence-corrected chi connectivity index (χ1v) is 12.6. The van der Waals surface area contributed by atoms with E-state index in [9.17, 15) is 18.8 Å². The van der Waals surface area contributed by atoms with Gasteiger partial charge in [0.25, 0.3) is 0 Å². The molecule has 3 rings (SSSR count). The van der Waals surface area contributed by atoms with Gasteiger partial charge in [0, 0.05) is 30.3 Å². The van der Waals surface area contributed by atoms with E-state index in [0.29, 0.717) is 30.3 Å². The zero-order valence-corrected chi connectivity index (χ0v) is 23.7. The number of aryl methyl sites for hydroxylation is 2. The maximum atomic E-state index is 14.3. The number of ether oxygens (including phenoxy) is 2. The zero-order valence-electron chi connectivity index (χ0n) is 23.7. The standard InChI is InChI=1S/C28H30FNO3.C4H4O4/c1-19-14-20(2)16-23(15-19)21-7-11-28(33-13-12-30(3)4)22(17-21)6-10-27(31)25-9-8-24(32-5)18-26(25)29;5-3(6)1-2-4(7)8/h6-11,14-18H,12-13H2,1-5H3;1-2H,(H,5,6)(H,7,8)/b10-6+;2-1+. The van der Waals surface area contributed by atoms with Gasteiger partial charge in [-0.1, -0.05) is 35.4 Å². The average molecular weight is 564 g/mol. The van der Waals surface area contributed by atoms with Crippen molar-refractivity contribution in [2.24, 2.45) is 0 Å². The van der Waals surface area contributed by atoms with Crippen molar-refractivity contribution in [1.29, 1.82) is 0 Å². The van der Waals surface area contributed by atoms with Crippen molar-refractivity contribution >= 4 is 23.8 Å². The van der Waals surface area contributed by atoms with E-state index in [-0.39, 0.29) is 5.56 Å². The van der Waals surface area contributed by atoms with Crippen LogP contribution in [0.1, 0.15) is 27.0 Å². The van der Waals surface area contributed by atoms with Gasteiger partial charge in [0.2, 0.25) is 0 Å². The fraction of sp³-hybridized carbons (Fsp3) is 0.219. The maximum absolute atomic E-state index is 14.3. The molecule has 0 amide bonds. The number of carbonyl (C=O) groups excluding carboxylic acids is 1. The fourth-order valence-electron chi connectivity index (χ4n) is 3.69. The lowest BCUT2D eigenvalue weighted by Gasteiger charge is -2.14. The number of hydrogen-bond acceptors (Lipinski definition) is 6. The van der Waals surface area contributed by atoms with Crippen LogP contribution in [0.3, 0.4) is 0 Å². The summed E-state index contributed by atoms with van der Waals surface area (Å²) in [4.78, 5) is 33.8. The van der Waals surface area contributed by atoms with Crippen LogP contribution in [0.15, 0.2) is 72.8 Å². The lowest BCUT2D eigenvalue weighted by Crippen LogP contribution is -2.19. The van der Waals surface area contributed by atoms with E-state index in [4.69, 9.17) is 19.7 Å². The van der Waals surface area contributed by atoms with Gasteiger partial charge in [0.15, 0.2) is 5.78 Å². The first kappa shape index (κ1) is 32.5. The van der Waals surface area contributed by atoms with Gasteiger partial charge >= 0.3 is 11.9 Å². The Morgan fingerprint density at radius 2 is 1.49 bits per heavy atom. The molecule has 0 atom stereocenters. The second kappa shape index (κ2) is 15.7. The third-order valence-corrected chi connectivity index (χ3v) is 5.59. The Kier molecular flexibility index (Phi) is 12.5. The minimum Gasteiger partial charge on any atom is -0.497 e. The molecule has 0 saturated heterocycles. The Balaban J connectivity index is 0.000000642. The van der Waals surface area contributed by atoms with Gasteiger partial charge in [0.1, 0.15) is 23.9 Å². The molecule has 0 unspecified atom stereocenters. The highest BCUT2D eigenvalue weighted by atomic mass is 19.1. The predicted molar refractivity (Wildman–Crippen MR) is 156 cm³/mol. The Labute approximate surface area is 239 Å². The number of carboxylic acids is 2. The van der Waals surface area contributed by atoms with Crippen LogP contribution >= 0.6 is 0 Å². The van der Waals surface area contributed by atoms with E-state index in [1.165, 1.54) is 36.4 Å². The van der Waals surface area contributed by atoms with Crippen molar-refractivity contribution in [2.75, 3.05) is 34.4 Å². The van der Waals surface area contributed by atoms with Gasteiger partial charge in [-0.15, -0.1) is 0 Å². The summed E-state index contributed by atoms with van der Waals surface area (Å²) < 4.78 is 25.3. The Morgan fingerprint density at radius 3 is 2.02 bits per heavy atom. The van der Waals surface area contributed by atoms with Gasteiger partial charge < -0.3 is 24.6 Å². The molecule has 0 aliphatic heterocycles. The highest BCUT2D eigenvalue weighted by molar-refractivity contribution is 6.07. The molecule has 0 saturated carbocycles. The second-order valence-corrected chi connectivity index (χ2v) is 9.33. The topological polar surface area (TPSA) is 113 Å². The monoisotopic (exact) mass is 563 g/mol. The van der Waals surface area contributed by atoms with Crippen LogP contribution in [0.25, 0.3) is 17.2 Å². The molecule has 0 fully saturated rings. The molecule has 0 aliphatic rings. The third kappa shape index (κ3) is 11.1. The summed E-state index contributed by atoms with van der Waals surface area (Å²) in [7, 11) is 5.42. The number of carbonyl (C=O) groups is 3. The van der Waals surface area contributed by atoms with Crippen LogP contribution in [-0.2, 0) is 9.59 Å². The number of likely N-dealkylation sites (N-methyl/N-ethyl adjacent to an activating group) is 1. The SMILES string of the molecule is COc1ccc(C(=O)/C=C/c2cc(-c3cc(C)cc(C)c3)ccc2OCCN(C)C)c(F)c1.O=C(O)/C=C/C(=O)O. The average Bonchev–Trinajstić information content (AvgIpc) is 2.90. The van der Waals surface area contributed by atoms with E-state index >= 15 is 0 Å². The maximum Gasteiger partial charge on any atom is 0.328 e. The lowest BCUT2D eigenvalue weighted by atomic mass is 9.98. The lowest BCUT2D eigenvalue weighted by molar-refractivity contribution is -0.134. The summed E-state index contributed by atoms with van der Waals surface area (Å²) in [5.41, 5.74) is 5.22. The largest absolute Gasteiger partial charge is 0.497 e. The summed E-state index contributed by atoms with van der Waals surface area (Å²) >= 11 is 0. The summed E-state index contributed by atoms with van der Waals surface area (Å²) in [5, 5.41) is 15.6. The quantitative estimate of drug-likeness (QED) is 0.227. The van der Waals surface area contributed by atoms with Crippen molar-refractivity contribution in [3.63, 3.8) is 0 Å². The molecule has 0 aliphatic carbocycles. The molecule has 0 heterocycles. The molecule has 3 aromatic carbocycles. The van der Waals surface area contributed by atoms with Gasteiger partial charge in [-0.25, -0.2) is 14.0 Å². The Morgan fingerprint density at radius 1 is 0.854 bits per heavy atom. The molecule has 9 heteroatoms. The Hall–Kier alpha value is -4.76. The molecule has 3 aromatic rings. The van der Waals surface area contributed by atoms with Crippen molar-refractivity contribution in [3.05, 3.63) is 101 Å². The summed E-state index contributed by atoms with van der Waals surface area (Å²) in [6.07, 6.45) is 4.18. The number of aliphatic carboxylic acids is 2. The summed E-state index contributed by atoms with van der Waals surface area (Å²) in [5.74, 6) is -2.52. The van der Waals surface area contributed by atoms with E-state index in [1.54, 1.807) is 12.1 Å². The number of allylic oxidation sites excluding steroid dienone is 1. The molecule has 216 valence electrons. The third-order valence-electron chi connectivity index (χ3n) is 5.59. The number of ketones is 1. The predicted octanol–water partition coefficient (Wildman–Crippen LogP) is 5.67.